The first-order valence-electron chi connectivity index (χ1n) is 9.55. The Balaban J connectivity index is 1.94. The Kier molecular flexibility index (Phi) is 6.54. The molecule has 1 heterocycles. The van der Waals surface area contributed by atoms with E-state index in [-0.39, 0.29) is 24.7 Å². The van der Waals surface area contributed by atoms with Crippen molar-refractivity contribution in [1.29, 1.82) is 0 Å². The fourth-order valence-electron chi connectivity index (χ4n) is 3.31. The van der Waals surface area contributed by atoms with Crippen LogP contribution >= 0.6 is 0 Å². The molecule has 1 unspecified atom stereocenters. The van der Waals surface area contributed by atoms with E-state index in [4.69, 9.17) is 15.2 Å². The number of imide groups is 1. The molecule has 0 bridgehead atoms. The Labute approximate surface area is 180 Å². The van der Waals surface area contributed by atoms with Crippen LogP contribution in [0, 0.1) is 0 Å². The van der Waals surface area contributed by atoms with Gasteiger partial charge < -0.3 is 20.1 Å². The predicted molar refractivity (Wildman–Crippen MR) is 114 cm³/mol. The first-order chi connectivity index (χ1) is 14.8. The highest BCUT2D eigenvalue weighted by atomic mass is 16.5. The van der Waals surface area contributed by atoms with Gasteiger partial charge in [-0.2, -0.15) is 4.99 Å². The van der Waals surface area contributed by atoms with Crippen molar-refractivity contribution in [3.8, 4) is 11.5 Å². The van der Waals surface area contributed by atoms with Crippen LogP contribution in [0.3, 0.4) is 0 Å². The highest BCUT2D eigenvalue weighted by molar-refractivity contribution is 6.19. The van der Waals surface area contributed by atoms with Crippen LogP contribution in [0.4, 0.5) is 4.79 Å². The van der Waals surface area contributed by atoms with Gasteiger partial charge in [0.2, 0.25) is 5.91 Å². The van der Waals surface area contributed by atoms with E-state index in [1.807, 2.05) is 30.3 Å². The number of amides is 4. The zero-order valence-corrected chi connectivity index (χ0v) is 17.6. The van der Waals surface area contributed by atoms with E-state index in [9.17, 15) is 14.4 Å². The van der Waals surface area contributed by atoms with Gasteiger partial charge >= 0.3 is 6.03 Å². The number of benzene rings is 2. The van der Waals surface area contributed by atoms with E-state index in [0.29, 0.717) is 17.1 Å². The third-order valence-electron chi connectivity index (χ3n) is 4.99. The highest BCUT2D eigenvalue weighted by Gasteiger charge is 2.40. The first kappa shape index (κ1) is 21.8. The number of likely N-dealkylation sites (N-methyl/N-ethyl adjacent to an activating group) is 1. The van der Waals surface area contributed by atoms with E-state index in [1.54, 1.807) is 18.2 Å². The van der Waals surface area contributed by atoms with Crippen LogP contribution in [0.15, 0.2) is 53.5 Å². The Bertz CT molecular complexity index is 1020. The lowest BCUT2D eigenvalue weighted by Crippen LogP contribution is -2.60. The van der Waals surface area contributed by atoms with E-state index in [2.05, 4.69) is 4.99 Å². The monoisotopic (exact) mass is 424 g/mol. The third kappa shape index (κ3) is 4.66. The SMILES string of the molecule is COc1ccc(CC(=O)N(Cc2ccccc2)C2C(=O)N(C)C(=O)N=C2N)cc1OC. The van der Waals surface area contributed by atoms with E-state index in [1.165, 1.54) is 26.2 Å². The quantitative estimate of drug-likeness (QED) is 0.722. The van der Waals surface area contributed by atoms with Gasteiger partial charge in [-0.1, -0.05) is 36.4 Å². The van der Waals surface area contributed by atoms with Crippen LogP contribution in [0.2, 0.25) is 0 Å². The second-order valence-corrected chi connectivity index (χ2v) is 6.99. The molecule has 0 radical (unpaired) electrons. The lowest BCUT2D eigenvalue weighted by molar-refractivity contribution is -0.141. The number of aliphatic imine (C=N–C) groups is 1. The maximum Gasteiger partial charge on any atom is 0.351 e. The fourth-order valence-corrected chi connectivity index (χ4v) is 3.31. The molecule has 1 aliphatic rings. The fraction of sp³-hybridized carbons (Fsp3) is 0.273. The van der Waals surface area contributed by atoms with E-state index >= 15 is 0 Å². The summed E-state index contributed by atoms with van der Waals surface area (Å²) in [4.78, 5) is 43.9. The van der Waals surface area contributed by atoms with Crippen molar-refractivity contribution in [3.05, 3.63) is 59.7 Å². The maximum atomic E-state index is 13.3. The summed E-state index contributed by atoms with van der Waals surface area (Å²) < 4.78 is 10.5. The van der Waals surface area contributed by atoms with Crippen molar-refractivity contribution in [1.82, 2.24) is 9.80 Å². The molecule has 3 rings (SSSR count). The summed E-state index contributed by atoms with van der Waals surface area (Å²) in [6.07, 6.45) is -0.0120. The number of carbonyl (C=O) groups is 3. The average Bonchev–Trinajstić information content (AvgIpc) is 2.77. The van der Waals surface area contributed by atoms with E-state index < -0.39 is 18.0 Å². The molecule has 162 valence electrons. The molecule has 2 aromatic rings. The minimum Gasteiger partial charge on any atom is -0.493 e. The van der Waals surface area contributed by atoms with Crippen LogP contribution < -0.4 is 15.2 Å². The summed E-state index contributed by atoms with van der Waals surface area (Å²) in [5, 5.41) is 0. The molecule has 0 aliphatic carbocycles. The molecule has 0 saturated carbocycles. The zero-order chi connectivity index (χ0) is 22.5. The summed E-state index contributed by atoms with van der Waals surface area (Å²) in [6.45, 7) is 0.127. The van der Waals surface area contributed by atoms with Gasteiger partial charge in [-0.15, -0.1) is 0 Å². The summed E-state index contributed by atoms with van der Waals surface area (Å²) in [7, 11) is 4.35. The Hall–Kier alpha value is -3.88. The van der Waals surface area contributed by atoms with Gasteiger partial charge in [0.1, 0.15) is 5.84 Å². The molecule has 2 N–H and O–H groups in total. The van der Waals surface area contributed by atoms with Crippen LogP contribution in [-0.2, 0) is 22.6 Å². The molecule has 31 heavy (non-hydrogen) atoms. The molecular formula is C22H24N4O5. The normalized spacial score (nSPS) is 16.0. The number of nitrogens with zero attached hydrogens (tertiary/aromatic N) is 3. The van der Waals surface area contributed by atoms with Crippen molar-refractivity contribution in [2.45, 2.75) is 19.0 Å². The molecular weight excluding hydrogens is 400 g/mol. The second kappa shape index (κ2) is 9.29. The largest absolute Gasteiger partial charge is 0.493 e. The lowest BCUT2D eigenvalue weighted by atomic mass is 10.1. The summed E-state index contributed by atoms with van der Waals surface area (Å²) in [5.74, 6) is -0.129. The lowest BCUT2D eigenvalue weighted by Gasteiger charge is -2.34. The van der Waals surface area contributed by atoms with Crippen molar-refractivity contribution in [2.75, 3.05) is 21.3 Å². The van der Waals surface area contributed by atoms with Gasteiger partial charge in [-0.05, 0) is 23.3 Å². The predicted octanol–water partition coefficient (Wildman–Crippen LogP) is 1.59. The molecule has 9 nitrogen and oxygen atoms in total. The van der Waals surface area contributed by atoms with Crippen LogP contribution in [0.5, 0.6) is 11.5 Å². The molecule has 2 aromatic carbocycles. The van der Waals surface area contributed by atoms with Crippen molar-refractivity contribution in [3.63, 3.8) is 0 Å². The summed E-state index contributed by atoms with van der Waals surface area (Å²) in [5.41, 5.74) is 7.42. The number of hydrogen-bond acceptors (Lipinski definition) is 6. The van der Waals surface area contributed by atoms with Gasteiger partial charge in [-0.25, -0.2) is 4.79 Å². The molecule has 9 heteroatoms. The summed E-state index contributed by atoms with van der Waals surface area (Å²) >= 11 is 0. The van der Waals surface area contributed by atoms with E-state index in [0.717, 1.165) is 10.5 Å². The van der Waals surface area contributed by atoms with Crippen LogP contribution in [-0.4, -0.2) is 60.8 Å². The van der Waals surface area contributed by atoms with Gasteiger partial charge in [0.25, 0.3) is 5.91 Å². The molecule has 1 atom stereocenters. The number of ether oxygens (including phenoxy) is 2. The number of hydrogen-bond donors (Lipinski definition) is 1. The number of carbonyl (C=O) groups excluding carboxylic acids is 3. The first-order valence-corrected chi connectivity index (χ1v) is 9.55. The molecule has 0 saturated heterocycles. The molecule has 0 aromatic heterocycles. The number of amidine groups is 1. The number of rotatable bonds is 7. The van der Waals surface area contributed by atoms with Crippen LogP contribution in [0.25, 0.3) is 0 Å². The van der Waals surface area contributed by atoms with Crippen molar-refractivity contribution in [2.24, 2.45) is 10.7 Å². The average molecular weight is 424 g/mol. The van der Waals surface area contributed by atoms with Gasteiger partial charge in [0.05, 0.1) is 20.6 Å². The molecule has 4 amide bonds. The third-order valence-corrected chi connectivity index (χ3v) is 4.99. The Morgan fingerprint density at radius 2 is 1.74 bits per heavy atom. The molecule has 1 aliphatic heterocycles. The molecule has 0 spiro atoms. The molecule has 0 fully saturated rings. The smallest absolute Gasteiger partial charge is 0.351 e. The Morgan fingerprint density at radius 1 is 1.06 bits per heavy atom. The van der Waals surface area contributed by atoms with Crippen LogP contribution in [0.1, 0.15) is 11.1 Å². The highest BCUT2D eigenvalue weighted by Crippen LogP contribution is 2.28. The standard InChI is InChI=1S/C22H24N4O5/c1-25-21(28)19(20(23)24-22(25)29)26(13-14-7-5-4-6-8-14)18(27)12-15-9-10-16(30-2)17(11-15)31-3/h4-11,19H,12-13H2,1-3H3,(H2,23,24,29). The number of nitrogens with two attached hydrogens (primary N) is 1. The second-order valence-electron chi connectivity index (χ2n) is 6.99. The minimum absolute atomic E-state index is 0.0120. The Morgan fingerprint density at radius 3 is 2.39 bits per heavy atom. The van der Waals surface area contributed by atoms with Gasteiger partial charge in [0, 0.05) is 13.6 Å². The summed E-state index contributed by atoms with van der Waals surface area (Å²) in [6, 6.07) is 12.4. The number of urea groups is 1. The van der Waals surface area contributed by atoms with Gasteiger partial charge in [-0.3, -0.25) is 14.5 Å². The van der Waals surface area contributed by atoms with Crippen molar-refractivity contribution >= 4 is 23.7 Å². The van der Waals surface area contributed by atoms with Crippen molar-refractivity contribution < 1.29 is 23.9 Å². The zero-order valence-electron chi connectivity index (χ0n) is 17.6. The topological polar surface area (TPSA) is 115 Å². The minimum atomic E-state index is -1.17. The maximum absolute atomic E-state index is 13.3. The van der Waals surface area contributed by atoms with Gasteiger partial charge in [0.15, 0.2) is 17.5 Å². The number of methoxy groups -OCH3 is 2.